The zero-order valence-electron chi connectivity index (χ0n) is 16.0. The van der Waals surface area contributed by atoms with Gasteiger partial charge in [0, 0.05) is 50.5 Å². The minimum Gasteiger partial charge on any atom is -0.493 e. The predicted octanol–water partition coefficient (Wildman–Crippen LogP) is 2.31. The molecule has 148 valence electrons. The van der Waals surface area contributed by atoms with Crippen molar-refractivity contribution < 1.29 is 9.13 Å². The highest BCUT2D eigenvalue weighted by Crippen LogP contribution is 2.31. The van der Waals surface area contributed by atoms with Gasteiger partial charge < -0.3 is 15.0 Å². The van der Waals surface area contributed by atoms with E-state index in [9.17, 15) is 4.39 Å². The number of nitrogens with one attached hydrogen (secondary N) is 1. The van der Waals surface area contributed by atoms with E-state index in [-0.39, 0.29) is 12.4 Å². The zero-order valence-corrected chi connectivity index (χ0v) is 16.0. The number of anilines is 3. The summed E-state index contributed by atoms with van der Waals surface area (Å²) in [6.07, 6.45) is 5.85. The topological polar surface area (TPSA) is 85.4 Å². The molecule has 0 aliphatic carbocycles. The second-order valence-corrected chi connectivity index (χ2v) is 6.85. The van der Waals surface area contributed by atoms with Gasteiger partial charge >= 0.3 is 0 Å². The number of hydrogen-bond acceptors (Lipinski definition) is 7. The van der Waals surface area contributed by atoms with E-state index in [0.29, 0.717) is 30.2 Å². The Hall–Kier alpha value is -3.69. The second kappa shape index (κ2) is 6.73. The molecule has 1 aliphatic rings. The van der Waals surface area contributed by atoms with Crippen LogP contribution >= 0.6 is 0 Å². The van der Waals surface area contributed by atoms with Crippen LogP contribution in [-0.4, -0.2) is 43.0 Å². The van der Waals surface area contributed by atoms with Gasteiger partial charge in [-0.15, -0.1) is 10.2 Å². The molecule has 10 heteroatoms. The van der Waals surface area contributed by atoms with Crippen LogP contribution in [0.3, 0.4) is 0 Å². The third kappa shape index (κ3) is 2.93. The molecule has 1 aromatic carbocycles. The summed E-state index contributed by atoms with van der Waals surface area (Å²) < 4.78 is 23.4. The number of hydrogen-bond donors (Lipinski definition) is 1. The molecule has 5 rings (SSSR count). The normalized spacial score (nSPS) is 12.8. The molecule has 0 atom stereocenters. The van der Waals surface area contributed by atoms with Gasteiger partial charge in [0.2, 0.25) is 5.95 Å². The van der Waals surface area contributed by atoms with E-state index >= 15 is 0 Å². The average molecular weight is 394 g/mol. The number of aromatic nitrogens is 6. The van der Waals surface area contributed by atoms with Gasteiger partial charge in [0.05, 0.1) is 12.8 Å². The van der Waals surface area contributed by atoms with Crippen LogP contribution in [0.4, 0.5) is 21.8 Å². The van der Waals surface area contributed by atoms with Crippen molar-refractivity contribution in [2.45, 2.75) is 13.0 Å². The van der Waals surface area contributed by atoms with Gasteiger partial charge in [-0.05, 0) is 12.1 Å². The molecule has 0 fully saturated rings. The first-order chi connectivity index (χ1) is 14.1. The molecular formula is C19H19FN8O. The lowest BCUT2D eigenvalue weighted by molar-refractivity contribution is 0.356. The van der Waals surface area contributed by atoms with Crippen molar-refractivity contribution >= 4 is 23.1 Å². The highest BCUT2D eigenvalue weighted by molar-refractivity contribution is 5.74. The zero-order chi connectivity index (χ0) is 20.0. The van der Waals surface area contributed by atoms with Crippen molar-refractivity contribution in [2.24, 2.45) is 7.05 Å². The van der Waals surface area contributed by atoms with Crippen LogP contribution in [0.2, 0.25) is 0 Å². The molecule has 9 nitrogen and oxygen atoms in total. The predicted molar refractivity (Wildman–Crippen MR) is 105 cm³/mol. The summed E-state index contributed by atoms with van der Waals surface area (Å²) in [5.74, 6) is 1.78. The summed E-state index contributed by atoms with van der Waals surface area (Å²) in [6.45, 7) is 0.863. The van der Waals surface area contributed by atoms with E-state index in [1.807, 2.05) is 31.3 Å². The molecule has 0 radical (unpaired) electrons. The number of halogens is 1. The molecule has 0 bridgehead atoms. The van der Waals surface area contributed by atoms with Crippen LogP contribution < -0.4 is 15.0 Å². The highest BCUT2D eigenvalue weighted by Gasteiger charge is 2.20. The number of nitrogens with zero attached hydrogens (tertiary/aromatic N) is 7. The Morgan fingerprint density at radius 3 is 3.03 bits per heavy atom. The van der Waals surface area contributed by atoms with Crippen LogP contribution in [0.5, 0.6) is 5.75 Å². The summed E-state index contributed by atoms with van der Waals surface area (Å²) in [7, 11) is 3.75. The lowest BCUT2D eigenvalue weighted by Gasteiger charge is -2.18. The van der Waals surface area contributed by atoms with Gasteiger partial charge in [0.25, 0.3) is 0 Å². The van der Waals surface area contributed by atoms with Crippen molar-refractivity contribution in [1.82, 2.24) is 29.4 Å². The molecule has 4 heterocycles. The first-order valence-electron chi connectivity index (χ1n) is 9.21. The van der Waals surface area contributed by atoms with Crippen LogP contribution in [0.1, 0.15) is 11.1 Å². The van der Waals surface area contributed by atoms with E-state index in [1.54, 1.807) is 27.7 Å². The molecule has 0 saturated heterocycles. The van der Waals surface area contributed by atoms with E-state index in [1.165, 1.54) is 6.07 Å². The van der Waals surface area contributed by atoms with Gasteiger partial charge in [-0.3, -0.25) is 4.68 Å². The highest BCUT2D eigenvalue weighted by atomic mass is 19.1. The number of ether oxygens (including phenoxy) is 1. The Morgan fingerprint density at radius 2 is 2.21 bits per heavy atom. The van der Waals surface area contributed by atoms with Gasteiger partial charge in [0.1, 0.15) is 23.6 Å². The Bertz CT molecular complexity index is 1200. The summed E-state index contributed by atoms with van der Waals surface area (Å²) >= 11 is 0. The van der Waals surface area contributed by atoms with Crippen molar-refractivity contribution in [3.63, 3.8) is 0 Å². The lowest BCUT2D eigenvalue weighted by Crippen LogP contribution is -2.15. The van der Waals surface area contributed by atoms with Crippen LogP contribution in [0, 0.1) is 5.82 Å². The standard InChI is InChI=1S/C19H19FN8O/c1-26-7-5-17(25-26)27(2)15-10-22-19(28-11-23-24-18(15)28)21-9-13-12-6-8-29-16(12)4-3-14(13)20/h3-5,7,10-11H,6,8-9H2,1-2H3,(H,21,22). The van der Waals surface area contributed by atoms with Crippen LogP contribution in [0.15, 0.2) is 36.9 Å². The van der Waals surface area contributed by atoms with Gasteiger partial charge in [-0.25, -0.2) is 13.8 Å². The molecule has 1 N–H and O–H groups in total. The smallest absolute Gasteiger partial charge is 0.210 e. The van der Waals surface area contributed by atoms with Crippen molar-refractivity contribution in [3.05, 3.63) is 53.9 Å². The molecule has 29 heavy (non-hydrogen) atoms. The summed E-state index contributed by atoms with van der Waals surface area (Å²) in [5.41, 5.74) is 2.88. The molecule has 0 unspecified atom stereocenters. The fraction of sp³-hybridized carbons (Fsp3) is 0.263. The molecule has 1 aliphatic heterocycles. The first-order valence-corrected chi connectivity index (χ1v) is 9.21. The Kier molecular flexibility index (Phi) is 4.04. The van der Waals surface area contributed by atoms with E-state index < -0.39 is 0 Å². The van der Waals surface area contributed by atoms with Crippen molar-refractivity contribution in [1.29, 1.82) is 0 Å². The van der Waals surface area contributed by atoms with Gasteiger partial charge in [-0.1, -0.05) is 0 Å². The Morgan fingerprint density at radius 1 is 1.31 bits per heavy atom. The van der Waals surface area contributed by atoms with Crippen LogP contribution in [0.25, 0.3) is 5.65 Å². The van der Waals surface area contributed by atoms with E-state index in [0.717, 1.165) is 22.8 Å². The third-order valence-electron chi connectivity index (χ3n) is 5.08. The average Bonchev–Trinajstić information content (AvgIpc) is 3.46. The van der Waals surface area contributed by atoms with E-state index in [2.05, 4.69) is 25.6 Å². The summed E-state index contributed by atoms with van der Waals surface area (Å²) in [4.78, 5) is 6.40. The maximum absolute atomic E-state index is 14.4. The Balaban J connectivity index is 1.46. The maximum Gasteiger partial charge on any atom is 0.210 e. The Labute approximate surface area is 165 Å². The molecular weight excluding hydrogens is 375 g/mol. The fourth-order valence-electron chi connectivity index (χ4n) is 3.55. The molecule has 0 spiro atoms. The SMILES string of the molecule is CN(c1ccn(C)n1)c1cnc(NCc2c(F)ccc3c2CCO3)n2cnnc12. The number of benzene rings is 1. The fourth-order valence-corrected chi connectivity index (χ4v) is 3.55. The lowest BCUT2D eigenvalue weighted by atomic mass is 10.0. The minimum absolute atomic E-state index is 0.256. The largest absolute Gasteiger partial charge is 0.493 e. The third-order valence-corrected chi connectivity index (χ3v) is 5.08. The molecule has 0 amide bonds. The molecule has 0 saturated carbocycles. The van der Waals surface area contributed by atoms with E-state index in [4.69, 9.17) is 4.74 Å². The minimum atomic E-state index is -0.256. The maximum atomic E-state index is 14.4. The number of rotatable bonds is 5. The quantitative estimate of drug-likeness (QED) is 0.556. The van der Waals surface area contributed by atoms with Gasteiger partial charge in [0.15, 0.2) is 11.5 Å². The summed E-state index contributed by atoms with van der Waals surface area (Å²) in [6, 6.07) is 5.02. The van der Waals surface area contributed by atoms with Crippen molar-refractivity contribution in [3.8, 4) is 5.75 Å². The van der Waals surface area contributed by atoms with Crippen molar-refractivity contribution in [2.75, 3.05) is 23.9 Å². The number of fused-ring (bicyclic) bond motifs is 2. The van der Waals surface area contributed by atoms with Crippen LogP contribution in [-0.2, 0) is 20.0 Å². The van der Waals surface area contributed by atoms with Gasteiger partial charge in [-0.2, -0.15) is 5.10 Å². The second-order valence-electron chi connectivity index (χ2n) is 6.85. The molecule has 3 aromatic heterocycles. The molecule has 4 aromatic rings. The number of aryl methyl sites for hydroxylation is 1. The monoisotopic (exact) mass is 394 g/mol. The first kappa shape index (κ1) is 17.4. The summed E-state index contributed by atoms with van der Waals surface area (Å²) in [5, 5.41) is 15.9.